The summed E-state index contributed by atoms with van der Waals surface area (Å²) in [5.74, 6) is -0.313. The van der Waals surface area contributed by atoms with E-state index in [9.17, 15) is 4.79 Å². The summed E-state index contributed by atoms with van der Waals surface area (Å²) in [7, 11) is 0. The van der Waals surface area contributed by atoms with E-state index in [-0.39, 0.29) is 12.1 Å². The summed E-state index contributed by atoms with van der Waals surface area (Å²) < 4.78 is 9.73. The van der Waals surface area contributed by atoms with Crippen molar-refractivity contribution in [1.82, 2.24) is 0 Å². The van der Waals surface area contributed by atoms with Crippen LogP contribution in [0.2, 0.25) is 0 Å². The second kappa shape index (κ2) is 4.35. The second-order valence-electron chi connectivity index (χ2n) is 4.80. The second-order valence-corrected chi connectivity index (χ2v) is 6.28. The van der Waals surface area contributed by atoms with Crippen LogP contribution in [-0.2, 0) is 14.3 Å². The van der Waals surface area contributed by atoms with E-state index in [1.54, 1.807) is 6.92 Å². The van der Waals surface area contributed by atoms with Crippen LogP contribution < -0.4 is 0 Å². The number of alkyl halides is 2. The van der Waals surface area contributed by atoms with Gasteiger partial charge in [-0.15, -0.1) is 23.2 Å². The van der Waals surface area contributed by atoms with Gasteiger partial charge in [0.15, 0.2) is 0 Å². The molecule has 0 N–H and O–H groups in total. The standard InChI is InChI=1S/C11H16Cl2O3/c1-10(7-11(10,12)13)9(14)16-6-8-4-2-3-5-15-8/h8H,2-7H2,1H3. The zero-order valence-corrected chi connectivity index (χ0v) is 10.8. The highest BCUT2D eigenvalue weighted by molar-refractivity contribution is 6.53. The van der Waals surface area contributed by atoms with Crippen LogP contribution >= 0.6 is 23.2 Å². The van der Waals surface area contributed by atoms with Crippen molar-refractivity contribution in [2.75, 3.05) is 13.2 Å². The van der Waals surface area contributed by atoms with Crippen LogP contribution in [0.3, 0.4) is 0 Å². The third-order valence-electron chi connectivity index (χ3n) is 3.38. The number of carbonyl (C=O) groups is 1. The molecule has 16 heavy (non-hydrogen) atoms. The minimum atomic E-state index is -0.947. The number of hydrogen-bond acceptors (Lipinski definition) is 3. The molecule has 0 bridgehead atoms. The lowest BCUT2D eigenvalue weighted by atomic mass is 10.1. The predicted octanol–water partition coefficient (Wildman–Crippen LogP) is 2.68. The summed E-state index contributed by atoms with van der Waals surface area (Å²) in [5, 5.41) is 0. The topological polar surface area (TPSA) is 35.5 Å². The fourth-order valence-electron chi connectivity index (χ4n) is 1.89. The molecule has 2 atom stereocenters. The number of halogens is 2. The van der Waals surface area contributed by atoms with Gasteiger partial charge in [0, 0.05) is 13.0 Å². The van der Waals surface area contributed by atoms with E-state index in [0.29, 0.717) is 13.0 Å². The minimum Gasteiger partial charge on any atom is -0.462 e. The normalized spacial score (nSPS) is 36.8. The highest BCUT2D eigenvalue weighted by atomic mass is 35.5. The van der Waals surface area contributed by atoms with Gasteiger partial charge in [0.1, 0.15) is 16.4 Å². The van der Waals surface area contributed by atoms with Gasteiger partial charge >= 0.3 is 5.97 Å². The molecule has 1 aliphatic carbocycles. The van der Waals surface area contributed by atoms with Crippen LogP contribution in [0.4, 0.5) is 0 Å². The summed E-state index contributed by atoms with van der Waals surface area (Å²) in [6.45, 7) is 2.81. The summed E-state index contributed by atoms with van der Waals surface area (Å²) in [4.78, 5) is 11.7. The Bertz CT molecular complexity index is 287. The number of ether oxygens (including phenoxy) is 2. The molecular formula is C11H16Cl2O3. The molecule has 2 fully saturated rings. The first-order valence-corrected chi connectivity index (χ1v) is 6.38. The van der Waals surface area contributed by atoms with Crippen molar-refractivity contribution < 1.29 is 14.3 Å². The van der Waals surface area contributed by atoms with Crippen molar-refractivity contribution in [3.8, 4) is 0 Å². The highest BCUT2D eigenvalue weighted by Crippen LogP contribution is 2.64. The number of hydrogen-bond donors (Lipinski definition) is 0. The van der Waals surface area contributed by atoms with Gasteiger partial charge < -0.3 is 9.47 Å². The fourth-order valence-corrected chi connectivity index (χ4v) is 2.58. The molecule has 0 aromatic heterocycles. The lowest BCUT2D eigenvalue weighted by Gasteiger charge is -2.23. The van der Waals surface area contributed by atoms with E-state index >= 15 is 0 Å². The van der Waals surface area contributed by atoms with Gasteiger partial charge in [-0.2, -0.15) is 0 Å². The zero-order valence-electron chi connectivity index (χ0n) is 9.30. The summed E-state index contributed by atoms with van der Waals surface area (Å²) in [5.41, 5.74) is -0.731. The molecule has 2 aliphatic rings. The van der Waals surface area contributed by atoms with Crippen LogP contribution in [0.5, 0.6) is 0 Å². The van der Waals surface area contributed by atoms with Crippen molar-refractivity contribution >= 4 is 29.2 Å². The molecule has 92 valence electrons. The Hall–Kier alpha value is 0.01000. The van der Waals surface area contributed by atoms with E-state index < -0.39 is 9.75 Å². The first-order chi connectivity index (χ1) is 7.46. The number of carbonyl (C=O) groups excluding carboxylic acids is 1. The van der Waals surface area contributed by atoms with Crippen molar-refractivity contribution in [3.63, 3.8) is 0 Å². The molecule has 0 spiro atoms. The smallest absolute Gasteiger partial charge is 0.315 e. The van der Waals surface area contributed by atoms with Crippen LogP contribution in [-0.4, -0.2) is 29.6 Å². The number of esters is 1. The molecule has 0 radical (unpaired) electrons. The molecule has 2 rings (SSSR count). The van der Waals surface area contributed by atoms with Gasteiger partial charge in [-0.05, 0) is 26.2 Å². The van der Waals surface area contributed by atoms with E-state index in [4.69, 9.17) is 32.7 Å². The first-order valence-electron chi connectivity index (χ1n) is 5.62. The monoisotopic (exact) mass is 266 g/mol. The first kappa shape index (κ1) is 12.5. The maximum Gasteiger partial charge on any atom is 0.315 e. The van der Waals surface area contributed by atoms with Gasteiger partial charge in [0.05, 0.1) is 6.10 Å². The average Bonchev–Trinajstić information content (AvgIpc) is 2.78. The molecule has 0 aromatic rings. The van der Waals surface area contributed by atoms with E-state index in [1.807, 2.05) is 0 Å². The van der Waals surface area contributed by atoms with Gasteiger partial charge in [0.25, 0.3) is 0 Å². The SMILES string of the molecule is CC1(C(=O)OCC2CCCCO2)CC1(Cl)Cl. The maximum absolute atomic E-state index is 11.7. The van der Waals surface area contributed by atoms with Gasteiger partial charge in [-0.3, -0.25) is 4.79 Å². The van der Waals surface area contributed by atoms with Gasteiger partial charge in [-0.1, -0.05) is 0 Å². The molecule has 0 aromatic carbocycles. The van der Waals surface area contributed by atoms with E-state index in [1.165, 1.54) is 0 Å². The summed E-state index contributed by atoms with van der Waals surface area (Å²) >= 11 is 11.8. The maximum atomic E-state index is 11.7. The Morgan fingerprint density at radius 3 is 2.69 bits per heavy atom. The molecule has 1 saturated heterocycles. The van der Waals surface area contributed by atoms with Crippen molar-refractivity contribution in [3.05, 3.63) is 0 Å². The van der Waals surface area contributed by atoms with Crippen LogP contribution in [0, 0.1) is 5.41 Å². The molecule has 0 amide bonds. The Kier molecular flexibility index (Phi) is 3.39. The van der Waals surface area contributed by atoms with E-state index in [0.717, 1.165) is 25.9 Å². The molecule has 1 heterocycles. The summed E-state index contributed by atoms with van der Waals surface area (Å²) in [6.07, 6.45) is 3.69. The molecule has 1 saturated carbocycles. The largest absolute Gasteiger partial charge is 0.462 e. The molecule has 1 aliphatic heterocycles. The third-order valence-corrected chi connectivity index (χ3v) is 4.48. The Labute approximate surface area is 105 Å². The highest BCUT2D eigenvalue weighted by Gasteiger charge is 2.69. The number of rotatable bonds is 3. The Morgan fingerprint density at radius 2 is 2.19 bits per heavy atom. The van der Waals surface area contributed by atoms with Crippen molar-refractivity contribution in [2.24, 2.45) is 5.41 Å². The van der Waals surface area contributed by atoms with Gasteiger partial charge in [0.2, 0.25) is 0 Å². The molecular weight excluding hydrogens is 251 g/mol. The predicted molar refractivity (Wildman–Crippen MR) is 61.7 cm³/mol. The fraction of sp³-hybridized carbons (Fsp3) is 0.909. The minimum absolute atomic E-state index is 0.0418. The van der Waals surface area contributed by atoms with Crippen LogP contribution in [0.15, 0.2) is 0 Å². The average molecular weight is 267 g/mol. The van der Waals surface area contributed by atoms with Crippen LogP contribution in [0.1, 0.15) is 32.6 Å². The molecule has 2 unspecified atom stereocenters. The quantitative estimate of drug-likeness (QED) is 0.582. The van der Waals surface area contributed by atoms with Gasteiger partial charge in [-0.25, -0.2) is 0 Å². The third kappa shape index (κ3) is 2.31. The van der Waals surface area contributed by atoms with Crippen LogP contribution in [0.25, 0.3) is 0 Å². The van der Waals surface area contributed by atoms with E-state index in [2.05, 4.69) is 0 Å². The van der Waals surface area contributed by atoms with Crippen molar-refractivity contribution in [1.29, 1.82) is 0 Å². The van der Waals surface area contributed by atoms with Crippen molar-refractivity contribution in [2.45, 2.75) is 43.0 Å². The Morgan fingerprint density at radius 1 is 1.50 bits per heavy atom. The molecule has 3 nitrogen and oxygen atoms in total. The lowest BCUT2D eigenvalue weighted by Crippen LogP contribution is -2.29. The zero-order chi connectivity index (χ0) is 11.8. The molecule has 5 heteroatoms. The Balaban J connectivity index is 1.76. The lowest BCUT2D eigenvalue weighted by molar-refractivity contribution is -0.155. The summed E-state index contributed by atoms with van der Waals surface area (Å²) in [6, 6.07) is 0.